The number of rotatable bonds is 5. The molecule has 6 heteroatoms. The van der Waals surface area contributed by atoms with Crippen LogP contribution in [0.15, 0.2) is 30.6 Å². The molecule has 0 spiro atoms. The van der Waals surface area contributed by atoms with Crippen LogP contribution in [0.25, 0.3) is 0 Å². The first-order valence-corrected chi connectivity index (χ1v) is 6.79. The van der Waals surface area contributed by atoms with Crippen LogP contribution in [0.1, 0.15) is 18.1 Å². The van der Waals surface area contributed by atoms with E-state index in [0.29, 0.717) is 12.4 Å². The number of nitrogens with two attached hydrogens (primary N) is 1. The number of hydrogen-bond donors (Lipinski definition) is 2. The lowest BCUT2D eigenvalue weighted by Crippen LogP contribution is -2.21. The lowest BCUT2D eigenvalue weighted by molar-refractivity contribution is 0.870. The monoisotopic (exact) mass is 291 g/mol. The molecule has 0 atom stereocenters. The smallest absolute Gasteiger partial charge is 0.148 e. The first-order chi connectivity index (χ1) is 9.65. The van der Waals surface area contributed by atoms with Gasteiger partial charge in [-0.3, -0.25) is 0 Å². The molecule has 0 saturated carbocycles. The average Bonchev–Trinajstić information content (AvgIpc) is 2.46. The normalized spacial score (nSPS) is 10.4. The maximum absolute atomic E-state index is 6.01. The first kappa shape index (κ1) is 14.6. The Labute approximate surface area is 123 Å². The summed E-state index contributed by atoms with van der Waals surface area (Å²) in [4.78, 5) is 10.6. The summed E-state index contributed by atoms with van der Waals surface area (Å²) in [5.41, 5.74) is 4.74. The lowest BCUT2D eigenvalue weighted by Gasteiger charge is -2.22. The van der Waals surface area contributed by atoms with Crippen LogP contribution in [0.2, 0.25) is 5.02 Å². The van der Waals surface area contributed by atoms with Gasteiger partial charge in [-0.15, -0.1) is 0 Å². The van der Waals surface area contributed by atoms with Crippen LogP contribution in [-0.2, 0) is 13.0 Å². The number of nitrogens with zero attached hydrogens (tertiary/aromatic N) is 3. The Morgan fingerprint density at radius 1 is 1.35 bits per heavy atom. The Bertz CT molecular complexity index is 588. The molecule has 2 aromatic rings. The van der Waals surface area contributed by atoms with Gasteiger partial charge in [0.15, 0.2) is 0 Å². The third-order valence-corrected chi connectivity index (χ3v) is 3.32. The van der Waals surface area contributed by atoms with Gasteiger partial charge < -0.3 is 10.3 Å². The Morgan fingerprint density at radius 2 is 2.15 bits per heavy atom. The Kier molecular flexibility index (Phi) is 4.76. The second kappa shape index (κ2) is 6.54. The van der Waals surface area contributed by atoms with E-state index in [-0.39, 0.29) is 0 Å². The number of hydrazine groups is 1. The van der Waals surface area contributed by atoms with Gasteiger partial charge in [0.05, 0.1) is 0 Å². The van der Waals surface area contributed by atoms with Crippen LogP contribution in [0, 0.1) is 0 Å². The molecule has 1 aromatic carbocycles. The quantitative estimate of drug-likeness (QED) is 0.655. The van der Waals surface area contributed by atoms with Crippen molar-refractivity contribution in [3.8, 4) is 0 Å². The molecule has 0 saturated heterocycles. The lowest BCUT2D eigenvalue weighted by atomic mass is 10.2. The highest BCUT2D eigenvalue weighted by Crippen LogP contribution is 2.24. The van der Waals surface area contributed by atoms with Crippen molar-refractivity contribution in [2.45, 2.75) is 19.9 Å². The molecule has 1 aromatic heterocycles. The van der Waals surface area contributed by atoms with Crippen molar-refractivity contribution in [2.75, 3.05) is 17.4 Å². The third kappa shape index (κ3) is 3.18. The van der Waals surface area contributed by atoms with E-state index in [4.69, 9.17) is 17.4 Å². The summed E-state index contributed by atoms with van der Waals surface area (Å²) in [7, 11) is 1.99. The van der Waals surface area contributed by atoms with Crippen LogP contribution in [0.4, 0.5) is 11.6 Å². The van der Waals surface area contributed by atoms with Gasteiger partial charge in [0.1, 0.15) is 18.0 Å². The van der Waals surface area contributed by atoms with Crippen LogP contribution >= 0.6 is 11.6 Å². The van der Waals surface area contributed by atoms with Gasteiger partial charge in [-0.05, 0) is 24.1 Å². The zero-order valence-corrected chi connectivity index (χ0v) is 12.4. The highest BCUT2D eigenvalue weighted by molar-refractivity contribution is 6.30. The fourth-order valence-electron chi connectivity index (χ4n) is 2.17. The second-order valence-corrected chi connectivity index (χ2v) is 4.94. The summed E-state index contributed by atoms with van der Waals surface area (Å²) in [5, 5.41) is 0.735. The molecule has 5 nitrogen and oxygen atoms in total. The van der Waals surface area contributed by atoms with Gasteiger partial charge in [-0.2, -0.15) is 0 Å². The summed E-state index contributed by atoms with van der Waals surface area (Å²) in [6.45, 7) is 2.77. The fourth-order valence-corrected chi connectivity index (χ4v) is 2.38. The molecular weight excluding hydrogens is 274 g/mol. The molecule has 0 fully saturated rings. The maximum atomic E-state index is 6.01. The molecule has 3 N–H and O–H groups in total. The highest BCUT2D eigenvalue weighted by atomic mass is 35.5. The van der Waals surface area contributed by atoms with E-state index in [0.717, 1.165) is 28.4 Å². The van der Waals surface area contributed by atoms with Gasteiger partial charge in [-0.1, -0.05) is 30.7 Å². The molecule has 106 valence electrons. The van der Waals surface area contributed by atoms with E-state index in [1.807, 2.05) is 31.3 Å². The van der Waals surface area contributed by atoms with Crippen LogP contribution < -0.4 is 16.2 Å². The molecule has 0 aliphatic carbocycles. The highest BCUT2D eigenvalue weighted by Gasteiger charge is 2.13. The molecule has 20 heavy (non-hydrogen) atoms. The van der Waals surface area contributed by atoms with Gasteiger partial charge in [0.2, 0.25) is 0 Å². The molecule has 2 rings (SSSR count). The number of nitrogen functional groups attached to an aromatic ring is 1. The summed E-state index contributed by atoms with van der Waals surface area (Å²) < 4.78 is 0. The number of nitrogens with one attached hydrogen (secondary N) is 1. The number of aromatic nitrogens is 2. The standard InChI is InChI=1S/C14H18ClN5/c1-3-12-13(19-16)17-9-18-14(12)20(2)8-10-5-4-6-11(15)7-10/h4-7,9H,3,8,16H2,1-2H3,(H,17,18,19). The van der Waals surface area contributed by atoms with E-state index >= 15 is 0 Å². The molecule has 0 amide bonds. The predicted molar refractivity (Wildman–Crippen MR) is 82.8 cm³/mol. The number of anilines is 2. The second-order valence-electron chi connectivity index (χ2n) is 4.51. The maximum Gasteiger partial charge on any atom is 0.148 e. The van der Waals surface area contributed by atoms with Crippen LogP contribution in [0.3, 0.4) is 0 Å². The molecule has 1 heterocycles. The largest absolute Gasteiger partial charge is 0.355 e. The summed E-state index contributed by atoms with van der Waals surface area (Å²) in [5.74, 6) is 7.02. The van der Waals surface area contributed by atoms with Crippen molar-refractivity contribution in [1.29, 1.82) is 0 Å². The molecule has 0 unspecified atom stereocenters. The van der Waals surface area contributed by atoms with Crippen molar-refractivity contribution in [3.05, 3.63) is 46.7 Å². The van der Waals surface area contributed by atoms with E-state index < -0.39 is 0 Å². The molecule has 0 aliphatic heterocycles. The van der Waals surface area contributed by atoms with E-state index in [1.54, 1.807) is 0 Å². The van der Waals surface area contributed by atoms with Crippen molar-refractivity contribution in [3.63, 3.8) is 0 Å². The van der Waals surface area contributed by atoms with Crippen LogP contribution in [0.5, 0.6) is 0 Å². The summed E-state index contributed by atoms with van der Waals surface area (Å²) in [6.07, 6.45) is 2.31. The topological polar surface area (TPSA) is 67.1 Å². The van der Waals surface area contributed by atoms with Gasteiger partial charge in [0, 0.05) is 24.2 Å². The minimum absolute atomic E-state index is 0.662. The first-order valence-electron chi connectivity index (χ1n) is 6.41. The molecule has 0 radical (unpaired) electrons. The van der Waals surface area contributed by atoms with E-state index in [2.05, 4.69) is 27.2 Å². The Morgan fingerprint density at radius 3 is 2.80 bits per heavy atom. The number of hydrogen-bond acceptors (Lipinski definition) is 5. The summed E-state index contributed by atoms with van der Waals surface area (Å²) >= 11 is 6.01. The molecular formula is C14H18ClN5. The van der Waals surface area contributed by atoms with Crippen molar-refractivity contribution < 1.29 is 0 Å². The fraction of sp³-hybridized carbons (Fsp3) is 0.286. The van der Waals surface area contributed by atoms with Crippen LogP contribution in [-0.4, -0.2) is 17.0 Å². The van der Waals surface area contributed by atoms with Gasteiger partial charge >= 0.3 is 0 Å². The molecule has 0 bridgehead atoms. The third-order valence-electron chi connectivity index (χ3n) is 3.08. The zero-order chi connectivity index (χ0) is 14.5. The van der Waals surface area contributed by atoms with Gasteiger partial charge in [0.25, 0.3) is 0 Å². The Hall–Kier alpha value is -1.85. The zero-order valence-electron chi connectivity index (χ0n) is 11.6. The van der Waals surface area contributed by atoms with Crippen molar-refractivity contribution in [2.24, 2.45) is 5.84 Å². The van der Waals surface area contributed by atoms with Gasteiger partial charge in [-0.25, -0.2) is 15.8 Å². The SMILES string of the molecule is CCc1c(NN)ncnc1N(C)Cc1cccc(Cl)c1. The minimum Gasteiger partial charge on any atom is -0.355 e. The van der Waals surface area contributed by atoms with Crippen molar-refractivity contribution in [1.82, 2.24) is 9.97 Å². The van der Waals surface area contributed by atoms with E-state index in [9.17, 15) is 0 Å². The van der Waals surface area contributed by atoms with Crippen molar-refractivity contribution >= 4 is 23.2 Å². The molecule has 0 aliphatic rings. The number of benzene rings is 1. The average molecular weight is 292 g/mol. The van der Waals surface area contributed by atoms with E-state index in [1.165, 1.54) is 6.33 Å². The minimum atomic E-state index is 0.662. The predicted octanol–water partition coefficient (Wildman–Crippen LogP) is 2.61. The Balaban J connectivity index is 2.27. The summed E-state index contributed by atoms with van der Waals surface area (Å²) in [6, 6.07) is 7.80. The number of halogens is 1.